The fourth-order valence-corrected chi connectivity index (χ4v) is 2.93. The van der Waals surface area contributed by atoms with Gasteiger partial charge in [-0.2, -0.15) is 5.10 Å². The second-order valence-electron chi connectivity index (χ2n) is 6.67. The van der Waals surface area contributed by atoms with Gasteiger partial charge in [-0.3, -0.25) is 14.4 Å². The number of nitrogens with zero attached hydrogens (tertiary/aromatic N) is 4. The summed E-state index contributed by atoms with van der Waals surface area (Å²) >= 11 is 0. The smallest absolute Gasteiger partial charge is 0.280 e. The van der Waals surface area contributed by atoms with E-state index in [0.29, 0.717) is 23.7 Å². The molecule has 3 heterocycles. The minimum Gasteiger partial charge on any atom is -0.484 e. The standard InChI is InChI=1S/C18H18N4O3/c1-18(2)11-22(14-6-4-5-7-15(14)24-18)17(23)13-10-16(25-20-13)12-8-9-21(3)19-12/h4-10H,11H2,1-3H3. The predicted molar refractivity (Wildman–Crippen MR) is 91.5 cm³/mol. The first-order valence-corrected chi connectivity index (χ1v) is 8.00. The van der Waals surface area contributed by atoms with E-state index in [2.05, 4.69) is 10.3 Å². The van der Waals surface area contributed by atoms with Crippen LogP contribution in [-0.2, 0) is 7.05 Å². The van der Waals surface area contributed by atoms with Gasteiger partial charge in [0.05, 0.1) is 12.2 Å². The molecule has 1 aliphatic rings. The van der Waals surface area contributed by atoms with E-state index in [1.54, 1.807) is 21.8 Å². The molecule has 0 saturated carbocycles. The molecule has 4 rings (SSSR count). The summed E-state index contributed by atoms with van der Waals surface area (Å²) in [5, 5.41) is 8.20. The van der Waals surface area contributed by atoms with Crippen LogP contribution in [0.1, 0.15) is 24.3 Å². The highest BCUT2D eigenvalue weighted by Crippen LogP contribution is 2.37. The predicted octanol–water partition coefficient (Wildman–Crippen LogP) is 2.89. The van der Waals surface area contributed by atoms with Gasteiger partial charge in [0, 0.05) is 19.3 Å². The first kappa shape index (κ1) is 15.4. The Morgan fingerprint density at radius 3 is 2.80 bits per heavy atom. The molecule has 3 aromatic rings. The van der Waals surface area contributed by atoms with Gasteiger partial charge in [-0.15, -0.1) is 0 Å². The fraction of sp³-hybridized carbons (Fsp3) is 0.278. The lowest BCUT2D eigenvalue weighted by Crippen LogP contribution is -2.49. The van der Waals surface area contributed by atoms with Crippen molar-refractivity contribution in [1.82, 2.24) is 14.9 Å². The van der Waals surface area contributed by atoms with E-state index in [1.165, 1.54) is 0 Å². The number of benzene rings is 1. The van der Waals surface area contributed by atoms with Gasteiger partial charge in [-0.1, -0.05) is 17.3 Å². The maximum atomic E-state index is 13.0. The van der Waals surface area contributed by atoms with Crippen LogP contribution in [0.15, 0.2) is 47.1 Å². The number of para-hydroxylation sites is 2. The molecular weight excluding hydrogens is 320 g/mol. The molecule has 0 unspecified atom stereocenters. The number of rotatable bonds is 2. The Balaban J connectivity index is 1.68. The highest BCUT2D eigenvalue weighted by Gasteiger charge is 2.36. The van der Waals surface area contributed by atoms with Crippen molar-refractivity contribution in [2.75, 3.05) is 11.4 Å². The topological polar surface area (TPSA) is 73.4 Å². The molecule has 1 aliphatic heterocycles. The Bertz CT molecular complexity index is 941. The molecule has 0 atom stereocenters. The van der Waals surface area contributed by atoms with Gasteiger partial charge in [0.2, 0.25) is 0 Å². The molecule has 25 heavy (non-hydrogen) atoms. The molecule has 0 bridgehead atoms. The zero-order valence-corrected chi connectivity index (χ0v) is 14.3. The van der Waals surface area contributed by atoms with Crippen molar-refractivity contribution < 1.29 is 14.1 Å². The third-order valence-electron chi connectivity index (χ3n) is 4.02. The average molecular weight is 338 g/mol. The highest BCUT2D eigenvalue weighted by atomic mass is 16.5. The zero-order valence-electron chi connectivity index (χ0n) is 14.3. The average Bonchev–Trinajstić information content (AvgIpc) is 3.21. The second-order valence-corrected chi connectivity index (χ2v) is 6.67. The van der Waals surface area contributed by atoms with Crippen LogP contribution < -0.4 is 9.64 Å². The lowest BCUT2D eigenvalue weighted by atomic mass is 10.0. The second kappa shape index (κ2) is 5.47. The monoisotopic (exact) mass is 338 g/mol. The van der Waals surface area contributed by atoms with Crippen molar-refractivity contribution in [1.29, 1.82) is 0 Å². The number of hydrogen-bond donors (Lipinski definition) is 0. The van der Waals surface area contributed by atoms with Gasteiger partial charge < -0.3 is 9.26 Å². The summed E-state index contributed by atoms with van der Waals surface area (Å²) in [6, 6.07) is 10.9. The maximum Gasteiger partial charge on any atom is 0.280 e. The third kappa shape index (κ3) is 2.77. The third-order valence-corrected chi connectivity index (χ3v) is 4.02. The summed E-state index contributed by atoms with van der Waals surface area (Å²) in [6.45, 7) is 4.32. The molecule has 7 nitrogen and oxygen atoms in total. The largest absolute Gasteiger partial charge is 0.484 e. The van der Waals surface area contributed by atoms with Gasteiger partial charge in [-0.05, 0) is 32.0 Å². The van der Waals surface area contributed by atoms with Crippen LogP contribution in [0.5, 0.6) is 5.75 Å². The summed E-state index contributed by atoms with van der Waals surface area (Å²) in [5.74, 6) is 0.917. The van der Waals surface area contributed by atoms with Crippen LogP contribution in [0.3, 0.4) is 0 Å². The van der Waals surface area contributed by atoms with Crippen LogP contribution in [-0.4, -0.2) is 33.0 Å². The Morgan fingerprint density at radius 2 is 2.04 bits per heavy atom. The molecule has 0 N–H and O–H groups in total. The van der Waals surface area contributed by atoms with Gasteiger partial charge >= 0.3 is 0 Å². The van der Waals surface area contributed by atoms with Gasteiger partial charge in [0.25, 0.3) is 5.91 Å². The summed E-state index contributed by atoms with van der Waals surface area (Å²) in [6.07, 6.45) is 1.81. The van der Waals surface area contributed by atoms with Crippen LogP contribution in [0.4, 0.5) is 5.69 Å². The Hall–Kier alpha value is -3.09. The number of aromatic nitrogens is 3. The van der Waals surface area contributed by atoms with Crippen molar-refractivity contribution in [3.05, 3.63) is 48.3 Å². The van der Waals surface area contributed by atoms with E-state index in [-0.39, 0.29) is 11.6 Å². The summed E-state index contributed by atoms with van der Waals surface area (Å²) < 4.78 is 12.9. The SMILES string of the molecule is Cn1ccc(-c2cc(C(=O)N3CC(C)(C)Oc4ccccc43)no2)n1. The Labute approximate surface area is 144 Å². The van der Waals surface area contributed by atoms with E-state index in [4.69, 9.17) is 9.26 Å². The van der Waals surface area contributed by atoms with Crippen molar-refractivity contribution in [3.8, 4) is 17.2 Å². The quantitative estimate of drug-likeness (QED) is 0.718. The van der Waals surface area contributed by atoms with Crippen molar-refractivity contribution >= 4 is 11.6 Å². The Morgan fingerprint density at radius 1 is 1.24 bits per heavy atom. The molecule has 7 heteroatoms. The molecule has 0 spiro atoms. The number of aryl methyl sites for hydroxylation is 1. The molecule has 0 aliphatic carbocycles. The first-order chi connectivity index (χ1) is 11.9. The molecule has 2 aromatic heterocycles. The number of ether oxygens (including phenoxy) is 1. The van der Waals surface area contributed by atoms with E-state index >= 15 is 0 Å². The Kier molecular flexibility index (Phi) is 3.38. The minimum atomic E-state index is -0.489. The lowest BCUT2D eigenvalue weighted by Gasteiger charge is -2.39. The number of carbonyl (C=O) groups excluding carboxylic acids is 1. The first-order valence-electron chi connectivity index (χ1n) is 8.00. The molecule has 0 fully saturated rings. The van der Waals surface area contributed by atoms with Crippen LogP contribution >= 0.6 is 0 Å². The zero-order chi connectivity index (χ0) is 17.6. The van der Waals surface area contributed by atoms with E-state index in [9.17, 15) is 4.79 Å². The fourth-order valence-electron chi connectivity index (χ4n) is 2.93. The minimum absolute atomic E-state index is 0.227. The summed E-state index contributed by atoms with van der Waals surface area (Å²) in [4.78, 5) is 14.7. The molecule has 0 saturated heterocycles. The molecule has 0 radical (unpaired) electrons. The molecule has 1 amide bonds. The molecular formula is C18H18N4O3. The molecule has 1 aromatic carbocycles. The number of fused-ring (bicyclic) bond motifs is 1. The van der Waals surface area contributed by atoms with Gasteiger partial charge in [0.15, 0.2) is 11.5 Å². The lowest BCUT2D eigenvalue weighted by molar-refractivity contribution is 0.0830. The summed E-state index contributed by atoms with van der Waals surface area (Å²) in [7, 11) is 1.82. The number of carbonyl (C=O) groups is 1. The normalized spacial score (nSPS) is 15.6. The highest BCUT2D eigenvalue weighted by molar-refractivity contribution is 6.06. The number of amides is 1. The maximum absolute atomic E-state index is 13.0. The van der Waals surface area contributed by atoms with Crippen molar-refractivity contribution in [2.24, 2.45) is 7.05 Å². The number of anilines is 1. The van der Waals surface area contributed by atoms with Crippen LogP contribution in [0, 0.1) is 0 Å². The van der Waals surface area contributed by atoms with Gasteiger partial charge in [0.1, 0.15) is 17.0 Å². The molecule has 128 valence electrons. The van der Waals surface area contributed by atoms with E-state index in [0.717, 1.165) is 5.69 Å². The van der Waals surface area contributed by atoms with Crippen LogP contribution in [0.25, 0.3) is 11.5 Å². The van der Waals surface area contributed by atoms with Crippen LogP contribution in [0.2, 0.25) is 0 Å². The van der Waals surface area contributed by atoms with E-state index in [1.807, 2.05) is 51.2 Å². The number of hydrogen-bond acceptors (Lipinski definition) is 5. The van der Waals surface area contributed by atoms with Gasteiger partial charge in [-0.25, -0.2) is 0 Å². The van der Waals surface area contributed by atoms with E-state index < -0.39 is 5.60 Å². The van der Waals surface area contributed by atoms with Crippen molar-refractivity contribution in [3.63, 3.8) is 0 Å². The summed E-state index contributed by atoms with van der Waals surface area (Å²) in [5.41, 5.74) is 1.12. The van der Waals surface area contributed by atoms with Crippen molar-refractivity contribution in [2.45, 2.75) is 19.4 Å².